The van der Waals surface area contributed by atoms with Crippen LogP contribution in [0.2, 0.25) is 0 Å². The zero-order chi connectivity index (χ0) is 15.2. The van der Waals surface area contributed by atoms with Crippen molar-refractivity contribution in [2.45, 2.75) is 25.6 Å². The molecule has 22 heavy (non-hydrogen) atoms. The molecule has 2 fully saturated rings. The molecule has 2 heterocycles. The van der Waals surface area contributed by atoms with Gasteiger partial charge in [0.2, 0.25) is 5.91 Å². The molecule has 6 nitrogen and oxygen atoms in total. The van der Waals surface area contributed by atoms with E-state index in [0.29, 0.717) is 10.9 Å². The van der Waals surface area contributed by atoms with Gasteiger partial charge in [0.05, 0.1) is 18.6 Å². The summed E-state index contributed by atoms with van der Waals surface area (Å²) < 4.78 is 11.3. The smallest absolute Gasteiger partial charge is 0.236 e. The maximum atomic E-state index is 11.0. The maximum Gasteiger partial charge on any atom is 0.236 e. The Bertz CT molecular complexity index is 580. The number of thioether (sulfide) groups is 1. The van der Waals surface area contributed by atoms with E-state index in [4.69, 9.17) is 9.47 Å². The van der Waals surface area contributed by atoms with Crippen molar-refractivity contribution in [1.29, 1.82) is 0 Å². The molecule has 0 aromatic heterocycles. The van der Waals surface area contributed by atoms with Gasteiger partial charge in [0, 0.05) is 6.42 Å². The van der Waals surface area contributed by atoms with E-state index in [1.807, 2.05) is 24.3 Å². The molecule has 0 aliphatic carbocycles. The first kappa shape index (κ1) is 15.1. The molecule has 1 atom stereocenters. The molecule has 2 aliphatic heterocycles. The average molecular weight is 319 g/mol. The molecule has 1 aromatic carbocycles. The third-order valence-electron chi connectivity index (χ3n) is 3.23. The molecule has 3 rings (SSSR count). The number of benzene rings is 1. The maximum absolute atomic E-state index is 11.0. The fourth-order valence-corrected chi connectivity index (χ4v) is 2.75. The molecule has 0 bridgehead atoms. The van der Waals surface area contributed by atoms with Gasteiger partial charge in [-0.2, -0.15) is 5.10 Å². The van der Waals surface area contributed by atoms with Gasteiger partial charge in [0.1, 0.15) is 5.75 Å². The van der Waals surface area contributed by atoms with E-state index < -0.39 is 0 Å². The van der Waals surface area contributed by atoms with Gasteiger partial charge in [-0.1, -0.05) is 11.8 Å². The molecule has 116 valence electrons. The minimum absolute atomic E-state index is 0.0367. The molecule has 1 aromatic rings. The Morgan fingerprint density at radius 3 is 2.86 bits per heavy atom. The topological polar surface area (TPSA) is 72.3 Å². The summed E-state index contributed by atoms with van der Waals surface area (Å²) in [5, 5.41) is 11.1. The number of amides is 1. The van der Waals surface area contributed by atoms with Gasteiger partial charge in [-0.05, 0) is 42.7 Å². The minimum Gasteiger partial charge on any atom is -0.465 e. The first-order valence-electron chi connectivity index (χ1n) is 7.21. The Hall–Kier alpha value is -1.86. The van der Waals surface area contributed by atoms with Crippen molar-refractivity contribution in [1.82, 2.24) is 5.32 Å². The van der Waals surface area contributed by atoms with E-state index in [1.54, 1.807) is 6.21 Å². The number of amidine groups is 1. The number of ether oxygens (including phenoxy) is 2. The van der Waals surface area contributed by atoms with E-state index in [2.05, 4.69) is 15.5 Å². The SMILES string of the molecule is O=C1CSC(=NN=Cc2ccc(OC3CCCCO3)cc2)N1. The molecule has 1 amide bonds. The highest BCUT2D eigenvalue weighted by Crippen LogP contribution is 2.19. The number of hydrogen-bond acceptors (Lipinski definition) is 6. The van der Waals surface area contributed by atoms with Gasteiger partial charge in [0.15, 0.2) is 11.5 Å². The Balaban J connectivity index is 1.53. The van der Waals surface area contributed by atoms with Gasteiger partial charge in [0.25, 0.3) is 0 Å². The Labute approximate surface area is 133 Å². The molecule has 7 heteroatoms. The molecular weight excluding hydrogens is 302 g/mol. The number of nitrogens with one attached hydrogen (secondary N) is 1. The third kappa shape index (κ3) is 4.32. The zero-order valence-corrected chi connectivity index (χ0v) is 12.8. The first-order chi connectivity index (χ1) is 10.8. The van der Waals surface area contributed by atoms with Crippen LogP contribution in [0.15, 0.2) is 34.5 Å². The van der Waals surface area contributed by atoms with Crippen molar-refractivity contribution < 1.29 is 14.3 Å². The molecule has 1 unspecified atom stereocenters. The number of hydrogen-bond donors (Lipinski definition) is 1. The molecule has 0 spiro atoms. The number of carbonyl (C=O) groups excluding carboxylic acids is 1. The highest BCUT2D eigenvalue weighted by Gasteiger charge is 2.16. The lowest BCUT2D eigenvalue weighted by molar-refractivity contribution is -0.116. The lowest BCUT2D eigenvalue weighted by atomic mass is 10.2. The zero-order valence-electron chi connectivity index (χ0n) is 12.0. The van der Waals surface area contributed by atoms with Crippen LogP contribution in [0.5, 0.6) is 5.75 Å². The molecule has 1 N–H and O–H groups in total. The van der Waals surface area contributed by atoms with Crippen molar-refractivity contribution in [2.75, 3.05) is 12.4 Å². The second-order valence-electron chi connectivity index (χ2n) is 4.97. The summed E-state index contributed by atoms with van der Waals surface area (Å²) in [5.41, 5.74) is 0.913. The number of rotatable bonds is 4. The summed E-state index contributed by atoms with van der Waals surface area (Å²) in [7, 11) is 0. The van der Waals surface area contributed by atoms with Crippen molar-refractivity contribution in [2.24, 2.45) is 10.2 Å². The molecule has 0 saturated carbocycles. The fourth-order valence-electron chi connectivity index (χ4n) is 2.12. The summed E-state index contributed by atoms with van der Waals surface area (Å²) >= 11 is 1.35. The largest absolute Gasteiger partial charge is 0.465 e. The fraction of sp³-hybridized carbons (Fsp3) is 0.400. The van der Waals surface area contributed by atoms with E-state index >= 15 is 0 Å². The quantitative estimate of drug-likeness (QED) is 0.682. The van der Waals surface area contributed by atoms with Crippen molar-refractivity contribution in [3.8, 4) is 5.75 Å². The number of nitrogens with zero attached hydrogens (tertiary/aromatic N) is 2. The molecular formula is C15H17N3O3S. The second-order valence-corrected chi connectivity index (χ2v) is 5.93. The van der Waals surface area contributed by atoms with Crippen LogP contribution < -0.4 is 10.1 Å². The van der Waals surface area contributed by atoms with E-state index in [1.165, 1.54) is 11.8 Å². The standard InChI is InChI=1S/C15H17N3O3S/c19-13-10-22-15(17-13)18-16-9-11-4-6-12(7-5-11)21-14-3-1-2-8-20-14/h4-7,9,14H,1-3,8,10H2,(H,17,18,19). The van der Waals surface area contributed by atoms with Gasteiger partial charge >= 0.3 is 0 Å². The van der Waals surface area contributed by atoms with Crippen LogP contribution in [-0.2, 0) is 9.53 Å². The summed E-state index contributed by atoms with van der Waals surface area (Å²) in [6.45, 7) is 0.768. The molecule has 2 aliphatic rings. The van der Waals surface area contributed by atoms with Crippen LogP contribution in [0.25, 0.3) is 0 Å². The predicted molar refractivity (Wildman–Crippen MR) is 86.3 cm³/mol. The van der Waals surface area contributed by atoms with Gasteiger partial charge < -0.3 is 14.8 Å². The van der Waals surface area contributed by atoms with E-state index in [-0.39, 0.29) is 12.2 Å². The highest BCUT2D eigenvalue weighted by molar-refractivity contribution is 8.15. The van der Waals surface area contributed by atoms with Crippen LogP contribution in [0, 0.1) is 0 Å². The predicted octanol–water partition coefficient (Wildman–Crippen LogP) is 2.14. The van der Waals surface area contributed by atoms with Gasteiger partial charge in [-0.3, -0.25) is 4.79 Å². The minimum atomic E-state index is -0.136. The molecule has 2 saturated heterocycles. The van der Waals surface area contributed by atoms with Crippen LogP contribution in [0.4, 0.5) is 0 Å². The summed E-state index contributed by atoms with van der Waals surface area (Å²) in [4.78, 5) is 11.0. The summed E-state index contributed by atoms with van der Waals surface area (Å²) in [6, 6.07) is 7.58. The van der Waals surface area contributed by atoms with Crippen molar-refractivity contribution >= 4 is 29.1 Å². The number of carbonyl (C=O) groups is 1. The first-order valence-corrected chi connectivity index (χ1v) is 8.20. The lowest BCUT2D eigenvalue weighted by Gasteiger charge is -2.23. The monoisotopic (exact) mass is 319 g/mol. The van der Waals surface area contributed by atoms with E-state index in [0.717, 1.165) is 37.2 Å². The highest BCUT2D eigenvalue weighted by atomic mass is 32.2. The van der Waals surface area contributed by atoms with Gasteiger partial charge in [-0.15, -0.1) is 5.10 Å². The van der Waals surface area contributed by atoms with Crippen molar-refractivity contribution in [3.63, 3.8) is 0 Å². The van der Waals surface area contributed by atoms with Crippen LogP contribution >= 0.6 is 11.8 Å². The van der Waals surface area contributed by atoms with Crippen LogP contribution in [0.1, 0.15) is 24.8 Å². The Morgan fingerprint density at radius 2 is 2.18 bits per heavy atom. The van der Waals surface area contributed by atoms with Crippen LogP contribution in [-0.4, -0.2) is 35.9 Å². The third-order valence-corrected chi connectivity index (χ3v) is 4.09. The Kier molecular flexibility index (Phi) is 5.07. The summed E-state index contributed by atoms with van der Waals surface area (Å²) in [6.07, 6.45) is 4.69. The van der Waals surface area contributed by atoms with Crippen molar-refractivity contribution in [3.05, 3.63) is 29.8 Å². The normalized spacial score (nSPS) is 23.9. The molecule has 0 radical (unpaired) electrons. The van der Waals surface area contributed by atoms with Gasteiger partial charge in [-0.25, -0.2) is 0 Å². The van der Waals surface area contributed by atoms with Crippen LogP contribution in [0.3, 0.4) is 0 Å². The lowest BCUT2D eigenvalue weighted by Crippen LogP contribution is -2.24. The average Bonchev–Trinajstić information content (AvgIpc) is 2.96. The summed E-state index contributed by atoms with van der Waals surface area (Å²) in [5.74, 6) is 1.16. The second kappa shape index (κ2) is 7.42. The Morgan fingerprint density at radius 1 is 1.32 bits per heavy atom. The van der Waals surface area contributed by atoms with E-state index in [9.17, 15) is 4.79 Å².